The molecule has 2 aromatic carbocycles. The van der Waals surface area contributed by atoms with E-state index in [0.29, 0.717) is 10.7 Å². The minimum atomic E-state index is -0.834. The second-order valence-corrected chi connectivity index (χ2v) is 8.64. The third-order valence-corrected chi connectivity index (χ3v) is 4.59. The lowest BCUT2D eigenvalue weighted by Crippen LogP contribution is -2.47. The molecule has 0 spiro atoms. The first-order valence-electron chi connectivity index (χ1n) is 8.43. The van der Waals surface area contributed by atoms with Crippen molar-refractivity contribution >= 4 is 51.9 Å². The van der Waals surface area contributed by atoms with Crippen LogP contribution < -0.4 is 10.6 Å². The Balaban J connectivity index is 2.17. The zero-order chi connectivity index (χ0) is 20.0. The Morgan fingerprint density at radius 3 is 2.33 bits per heavy atom. The molecule has 27 heavy (non-hydrogen) atoms. The third-order valence-electron chi connectivity index (χ3n) is 3.50. The van der Waals surface area contributed by atoms with Crippen LogP contribution in [0.2, 0.25) is 5.02 Å². The molecule has 144 valence electrons. The highest BCUT2D eigenvalue weighted by molar-refractivity contribution is 14.1. The van der Waals surface area contributed by atoms with Gasteiger partial charge in [0.1, 0.15) is 11.6 Å². The van der Waals surface area contributed by atoms with E-state index in [0.717, 1.165) is 9.13 Å². The molecule has 2 N–H and O–H groups in total. The molecular weight excluding hydrogens is 479 g/mol. The minimum Gasteiger partial charge on any atom is -0.444 e. The summed E-state index contributed by atoms with van der Waals surface area (Å²) in [6.07, 6.45) is -0.410. The number of hydrogen-bond acceptors (Lipinski definition) is 3. The number of hydrogen-bond donors (Lipinski definition) is 2. The molecule has 0 saturated heterocycles. The van der Waals surface area contributed by atoms with Crippen molar-refractivity contribution in [3.05, 3.63) is 62.7 Å². The van der Waals surface area contributed by atoms with Gasteiger partial charge in [-0.15, -0.1) is 0 Å². The van der Waals surface area contributed by atoms with Gasteiger partial charge in [-0.3, -0.25) is 4.79 Å². The van der Waals surface area contributed by atoms with Crippen molar-refractivity contribution in [3.8, 4) is 0 Å². The Hall–Kier alpha value is -1.80. The van der Waals surface area contributed by atoms with Crippen LogP contribution in [0.15, 0.2) is 48.5 Å². The molecule has 0 saturated carbocycles. The van der Waals surface area contributed by atoms with E-state index in [1.54, 1.807) is 39.0 Å². The first-order valence-corrected chi connectivity index (χ1v) is 9.89. The number of anilines is 1. The average molecular weight is 501 g/mol. The van der Waals surface area contributed by atoms with Gasteiger partial charge in [0.2, 0.25) is 5.91 Å². The standard InChI is InChI=1S/C20H22ClIN2O3/c1-20(2,3)27-19(26)24-17(12-13-6-4-5-7-16(13)21)18(25)23-15-10-8-14(22)9-11-15/h4-11,17H,12H2,1-3H3,(H,23,25)(H,24,26)/t17-/m0/s1. The number of benzene rings is 2. The normalized spacial score (nSPS) is 12.2. The second-order valence-electron chi connectivity index (χ2n) is 6.99. The van der Waals surface area contributed by atoms with Gasteiger partial charge in [0.15, 0.2) is 0 Å². The summed E-state index contributed by atoms with van der Waals surface area (Å²) in [6.45, 7) is 5.30. The van der Waals surface area contributed by atoms with Crippen molar-refractivity contribution in [3.63, 3.8) is 0 Å². The van der Waals surface area contributed by atoms with Crippen LogP contribution in [-0.4, -0.2) is 23.6 Å². The predicted octanol–water partition coefficient (Wildman–Crippen LogP) is 5.02. The van der Waals surface area contributed by atoms with E-state index in [1.807, 2.05) is 30.3 Å². The predicted molar refractivity (Wildman–Crippen MR) is 116 cm³/mol. The third kappa shape index (κ3) is 7.38. The van der Waals surface area contributed by atoms with Crippen LogP contribution in [0, 0.1) is 3.57 Å². The molecule has 2 amide bonds. The van der Waals surface area contributed by atoms with Gasteiger partial charge in [0.05, 0.1) is 0 Å². The van der Waals surface area contributed by atoms with E-state index in [2.05, 4.69) is 33.2 Å². The van der Waals surface area contributed by atoms with Crippen LogP contribution in [0.25, 0.3) is 0 Å². The molecule has 2 aromatic rings. The van der Waals surface area contributed by atoms with Crippen molar-refractivity contribution < 1.29 is 14.3 Å². The fourth-order valence-corrected chi connectivity index (χ4v) is 2.88. The molecule has 0 radical (unpaired) electrons. The maximum absolute atomic E-state index is 12.8. The second kappa shape index (κ2) is 9.41. The van der Waals surface area contributed by atoms with Crippen LogP contribution in [0.1, 0.15) is 26.3 Å². The van der Waals surface area contributed by atoms with Crippen LogP contribution in [0.3, 0.4) is 0 Å². The fourth-order valence-electron chi connectivity index (χ4n) is 2.31. The van der Waals surface area contributed by atoms with Crippen LogP contribution >= 0.6 is 34.2 Å². The Morgan fingerprint density at radius 1 is 1.11 bits per heavy atom. The molecule has 0 unspecified atom stereocenters. The minimum absolute atomic E-state index is 0.245. The van der Waals surface area contributed by atoms with Gasteiger partial charge in [-0.05, 0) is 79.3 Å². The highest BCUT2D eigenvalue weighted by Crippen LogP contribution is 2.18. The summed E-state index contributed by atoms with van der Waals surface area (Å²) in [7, 11) is 0. The highest BCUT2D eigenvalue weighted by atomic mass is 127. The van der Waals surface area contributed by atoms with Gasteiger partial charge < -0.3 is 15.4 Å². The average Bonchev–Trinajstić information content (AvgIpc) is 2.56. The topological polar surface area (TPSA) is 67.4 Å². The molecule has 0 aromatic heterocycles. The summed E-state index contributed by atoms with van der Waals surface area (Å²) in [4.78, 5) is 25.0. The van der Waals surface area contributed by atoms with E-state index in [4.69, 9.17) is 16.3 Å². The van der Waals surface area contributed by atoms with Gasteiger partial charge in [-0.1, -0.05) is 29.8 Å². The number of carbonyl (C=O) groups excluding carboxylic acids is 2. The molecule has 0 aliphatic rings. The van der Waals surface area contributed by atoms with Crippen molar-refractivity contribution in [1.29, 1.82) is 0 Å². The molecule has 0 aliphatic carbocycles. The quantitative estimate of drug-likeness (QED) is 0.567. The summed E-state index contributed by atoms with van der Waals surface area (Å²) < 4.78 is 6.35. The maximum Gasteiger partial charge on any atom is 0.408 e. The zero-order valence-electron chi connectivity index (χ0n) is 15.4. The van der Waals surface area contributed by atoms with Gasteiger partial charge in [0.25, 0.3) is 0 Å². The summed E-state index contributed by atoms with van der Waals surface area (Å²) in [5.41, 5.74) is 0.750. The molecule has 0 fully saturated rings. The van der Waals surface area contributed by atoms with E-state index in [-0.39, 0.29) is 12.3 Å². The zero-order valence-corrected chi connectivity index (χ0v) is 18.3. The Bertz CT molecular complexity index is 804. The number of ether oxygens (including phenoxy) is 1. The van der Waals surface area contributed by atoms with Crippen LogP contribution in [-0.2, 0) is 16.0 Å². The molecule has 7 heteroatoms. The van der Waals surface area contributed by atoms with Crippen LogP contribution in [0.5, 0.6) is 0 Å². The Morgan fingerprint density at radius 2 is 1.74 bits per heavy atom. The SMILES string of the molecule is CC(C)(C)OC(=O)N[C@@H](Cc1ccccc1Cl)C(=O)Nc1ccc(I)cc1. The van der Waals surface area contributed by atoms with Gasteiger partial charge >= 0.3 is 6.09 Å². The van der Waals surface area contributed by atoms with Crippen molar-refractivity contribution in [1.82, 2.24) is 5.32 Å². The Labute approximate surface area is 178 Å². The summed E-state index contributed by atoms with van der Waals surface area (Å²) in [5, 5.41) is 6.01. The molecule has 5 nitrogen and oxygen atoms in total. The van der Waals surface area contributed by atoms with Crippen molar-refractivity contribution in [2.24, 2.45) is 0 Å². The number of nitrogens with one attached hydrogen (secondary N) is 2. The number of rotatable bonds is 5. The van der Waals surface area contributed by atoms with Gasteiger partial charge in [-0.2, -0.15) is 0 Å². The number of amides is 2. The monoisotopic (exact) mass is 500 g/mol. The summed E-state index contributed by atoms with van der Waals surface area (Å²) in [6, 6.07) is 13.8. The lowest BCUT2D eigenvalue weighted by Gasteiger charge is -2.23. The summed E-state index contributed by atoms with van der Waals surface area (Å²) in [5.74, 6) is -0.345. The lowest BCUT2D eigenvalue weighted by molar-refractivity contribution is -0.118. The van der Waals surface area contributed by atoms with E-state index < -0.39 is 17.7 Å². The fraction of sp³-hybridized carbons (Fsp3) is 0.300. The van der Waals surface area contributed by atoms with E-state index in [9.17, 15) is 9.59 Å². The molecule has 0 aliphatic heterocycles. The van der Waals surface area contributed by atoms with Crippen molar-refractivity contribution in [2.75, 3.05) is 5.32 Å². The molecule has 1 atom stereocenters. The van der Waals surface area contributed by atoms with Crippen molar-refractivity contribution in [2.45, 2.75) is 38.8 Å². The molecular formula is C20H22ClIN2O3. The largest absolute Gasteiger partial charge is 0.444 e. The van der Waals surface area contributed by atoms with Gasteiger partial charge in [-0.25, -0.2) is 4.79 Å². The number of halogens is 2. The van der Waals surface area contributed by atoms with Gasteiger partial charge in [0, 0.05) is 20.7 Å². The number of carbonyl (C=O) groups is 2. The smallest absolute Gasteiger partial charge is 0.408 e. The van der Waals surface area contributed by atoms with E-state index in [1.165, 1.54) is 0 Å². The van der Waals surface area contributed by atoms with Crippen LogP contribution in [0.4, 0.5) is 10.5 Å². The number of alkyl carbamates (subject to hydrolysis) is 1. The summed E-state index contributed by atoms with van der Waals surface area (Å²) >= 11 is 8.41. The maximum atomic E-state index is 12.8. The first-order chi connectivity index (χ1) is 12.6. The molecule has 0 heterocycles. The Kier molecular flexibility index (Phi) is 7.49. The first kappa shape index (κ1) is 21.5. The molecule has 2 rings (SSSR count). The molecule has 0 bridgehead atoms. The lowest BCUT2D eigenvalue weighted by atomic mass is 10.1. The highest BCUT2D eigenvalue weighted by Gasteiger charge is 2.25. The van der Waals surface area contributed by atoms with E-state index >= 15 is 0 Å².